The Morgan fingerprint density at radius 3 is 2.71 bits per heavy atom. The van der Waals surface area contributed by atoms with Gasteiger partial charge in [0.1, 0.15) is 11.3 Å². The van der Waals surface area contributed by atoms with Gasteiger partial charge in [-0.15, -0.1) is 0 Å². The van der Waals surface area contributed by atoms with Crippen molar-refractivity contribution in [3.05, 3.63) is 54.9 Å². The molecule has 7 heteroatoms. The highest BCUT2D eigenvalue weighted by Gasteiger charge is 2.17. The molecule has 0 unspecified atom stereocenters. The number of nitrogens with zero attached hydrogens (tertiary/aromatic N) is 4. The van der Waals surface area contributed by atoms with E-state index in [1.807, 2.05) is 48.7 Å². The molecule has 0 radical (unpaired) electrons. The quantitative estimate of drug-likeness (QED) is 0.421. The van der Waals surface area contributed by atoms with Crippen molar-refractivity contribution in [2.75, 3.05) is 0 Å². The highest BCUT2D eigenvalue weighted by atomic mass is 16.5. The molecule has 0 aliphatic heterocycles. The lowest BCUT2D eigenvalue weighted by Crippen LogP contribution is -2.19. The fraction of sp³-hybridized carbons (Fsp3) is 0.250. The van der Waals surface area contributed by atoms with Crippen LogP contribution in [0.3, 0.4) is 0 Å². The van der Waals surface area contributed by atoms with E-state index in [1.54, 1.807) is 6.20 Å². The monoisotopic (exact) mass is 410 g/mol. The van der Waals surface area contributed by atoms with Gasteiger partial charge in [0, 0.05) is 11.8 Å². The van der Waals surface area contributed by atoms with Crippen molar-refractivity contribution in [2.24, 2.45) is 0 Å². The van der Waals surface area contributed by atoms with Crippen molar-refractivity contribution >= 4 is 22.1 Å². The number of aromatic amines is 2. The molecule has 6 rings (SSSR count). The van der Waals surface area contributed by atoms with Crippen LogP contribution in [0.15, 0.2) is 54.9 Å². The number of H-pyrrole nitrogens is 2. The average molecular weight is 410 g/mol. The summed E-state index contributed by atoms with van der Waals surface area (Å²) in [6.07, 6.45) is 9.91. The van der Waals surface area contributed by atoms with Crippen LogP contribution in [-0.2, 0) is 0 Å². The number of para-hydroxylation sites is 2. The summed E-state index contributed by atoms with van der Waals surface area (Å²) in [5.41, 5.74) is 5.97. The predicted octanol–water partition coefficient (Wildman–Crippen LogP) is 5.27. The molecule has 154 valence electrons. The number of fused-ring (bicyclic) bond motifs is 2. The Morgan fingerprint density at radius 2 is 1.81 bits per heavy atom. The smallest absolute Gasteiger partial charge is 0.161 e. The zero-order valence-electron chi connectivity index (χ0n) is 17.0. The third kappa shape index (κ3) is 3.42. The SMILES string of the molecule is c1ccc2[nH]c(-c3n[nH]c4ccc(-c5cncc(OC6CCCCC6)c5)nc34)nc2c1. The number of imidazole rings is 1. The Balaban J connectivity index is 1.36. The molecule has 0 amide bonds. The molecule has 1 aliphatic carbocycles. The van der Waals surface area contributed by atoms with Gasteiger partial charge < -0.3 is 9.72 Å². The first-order chi connectivity index (χ1) is 15.3. The van der Waals surface area contributed by atoms with Crippen molar-refractivity contribution < 1.29 is 4.74 Å². The van der Waals surface area contributed by atoms with E-state index in [-0.39, 0.29) is 6.10 Å². The van der Waals surface area contributed by atoms with Crippen molar-refractivity contribution in [3.63, 3.8) is 0 Å². The van der Waals surface area contributed by atoms with Gasteiger partial charge in [-0.3, -0.25) is 10.1 Å². The maximum atomic E-state index is 6.19. The van der Waals surface area contributed by atoms with Gasteiger partial charge >= 0.3 is 0 Å². The molecule has 0 bridgehead atoms. The van der Waals surface area contributed by atoms with E-state index in [4.69, 9.17) is 9.72 Å². The Bertz CT molecular complexity index is 1330. The van der Waals surface area contributed by atoms with Gasteiger partial charge in [-0.25, -0.2) is 9.97 Å². The van der Waals surface area contributed by atoms with Crippen LogP contribution < -0.4 is 4.74 Å². The van der Waals surface area contributed by atoms with Gasteiger partial charge in [-0.1, -0.05) is 18.6 Å². The van der Waals surface area contributed by atoms with Gasteiger partial charge in [-0.2, -0.15) is 5.10 Å². The third-order valence-electron chi connectivity index (χ3n) is 5.89. The summed E-state index contributed by atoms with van der Waals surface area (Å²) in [6, 6.07) is 13.9. The number of rotatable bonds is 4. The molecule has 4 aromatic heterocycles. The second kappa shape index (κ2) is 7.50. The van der Waals surface area contributed by atoms with Crippen LogP contribution in [0.25, 0.3) is 44.8 Å². The van der Waals surface area contributed by atoms with Gasteiger partial charge in [-0.05, 0) is 56.0 Å². The molecule has 4 heterocycles. The van der Waals surface area contributed by atoms with Gasteiger partial charge in [0.25, 0.3) is 0 Å². The van der Waals surface area contributed by atoms with Crippen molar-refractivity contribution in [1.29, 1.82) is 0 Å². The van der Waals surface area contributed by atoms with Gasteiger partial charge in [0.2, 0.25) is 0 Å². The Kier molecular flexibility index (Phi) is 4.37. The minimum absolute atomic E-state index is 0.287. The van der Waals surface area contributed by atoms with E-state index in [0.717, 1.165) is 51.9 Å². The summed E-state index contributed by atoms with van der Waals surface area (Å²) in [4.78, 5) is 17.3. The first-order valence-electron chi connectivity index (χ1n) is 10.8. The minimum atomic E-state index is 0.287. The van der Waals surface area contributed by atoms with Crippen LogP contribution in [0.4, 0.5) is 0 Å². The molecular formula is C24H22N6O. The van der Waals surface area contributed by atoms with E-state index < -0.39 is 0 Å². The summed E-state index contributed by atoms with van der Waals surface area (Å²) in [7, 11) is 0. The number of pyridine rings is 2. The molecule has 0 spiro atoms. The van der Waals surface area contributed by atoms with Crippen LogP contribution >= 0.6 is 0 Å². The highest BCUT2D eigenvalue weighted by Crippen LogP contribution is 2.29. The summed E-state index contributed by atoms with van der Waals surface area (Å²) >= 11 is 0. The predicted molar refractivity (Wildman–Crippen MR) is 120 cm³/mol. The number of hydrogen-bond donors (Lipinski definition) is 2. The summed E-state index contributed by atoms with van der Waals surface area (Å²) < 4.78 is 6.19. The normalized spacial score (nSPS) is 15.0. The lowest BCUT2D eigenvalue weighted by molar-refractivity contribution is 0.154. The Morgan fingerprint density at radius 1 is 0.903 bits per heavy atom. The summed E-state index contributed by atoms with van der Waals surface area (Å²) in [6.45, 7) is 0. The van der Waals surface area contributed by atoms with E-state index in [9.17, 15) is 0 Å². The number of hydrogen-bond acceptors (Lipinski definition) is 5. The van der Waals surface area contributed by atoms with Crippen LogP contribution in [0.2, 0.25) is 0 Å². The van der Waals surface area contributed by atoms with Gasteiger partial charge in [0.15, 0.2) is 11.5 Å². The summed E-state index contributed by atoms with van der Waals surface area (Å²) in [5.74, 6) is 1.50. The second-order valence-corrected chi connectivity index (χ2v) is 8.05. The summed E-state index contributed by atoms with van der Waals surface area (Å²) in [5, 5.41) is 7.53. The van der Waals surface area contributed by atoms with Crippen molar-refractivity contribution in [1.82, 2.24) is 30.1 Å². The second-order valence-electron chi connectivity index (χ2n) is 8.05. The van der Waals surface area contributed by atoms with Crippen LogP contribution in [0.1, 0.15) is 32.1 Å². The van der Waals surface area contributed by atoms with Crippen molar-refractivity contribution in [2.45, 2.75) is 38.2 Å². The maximum Gasteiger partial charge on any atom is 0.161 e. The largest absolute Gasteiger partial charge is 0.489 e. The third-order valence-corrected chi connectivity index (χ3v) is 5.89. The number of aromatic nitrogens is 6. The van der Waals surface area contributed by atoms with Crippen LogP contribution in [0, 0.1) is 0 Å². The highest BCUT2D eigenvalue weighted by molar-refractivity contribution is 5.91. The molecule has 1 aliphatic rings. The van der Waals surface area contributed by atoms with E-state index in [2.05, 4.69) is 25.1 Å². The lowest BCUT2D eigenvalue weighted by atomic mass is 9.98. The molecule has 0 atom stereocenters. The molecule has 1 fully saturated rings. The van der Waals surface area contributed by atoms with Crippen LogP contribution in [0.5, 0.6) is 5.75 Å². The van der Waals surface area contributed by atoms with Crippen LogP contribution in [-0.4, -0.2) is 36.2 Å². The molecule has 7 nitrogen and oxygen atoms in total. The lowest BCUT2D eigenvalue weighted by Gasteiger charge is -2.22. The standard InChI is InChI=1S/C24H22N6O/c1-2-6-16(7-3-1)31-17-12-15(13-25-14-17)18-10-11-21-22(26-18)23(30-29-21)24-27-19-8-4-5-9-20(19)28-24/h4-5,8-14,16H,1-3,6-7H2,(H,27,28)(H,29,30). The molecule has 1 aromatic carbocycles. The minimum Gasteiger partial charge on any atom is -0.489 e. The average Bonchev–Trinajstić information content (AvgIpc) is 3.43. The molecule has 2 N–H and O–H groups in total. The first-order valence-corrected chi connectivity index (χ1v) is 10.8. The molecule has 5 aromatic rings. The molecular weight excluding hydrogens is 388 g/mol. The van der Waals surface area contributed by atoms with E-state index in [1.165, 1.54) is 19.3 Å². The molecule has 0 saturated heterocycles. The molecule has 31 heavy (non-hydrogen) atoms. The maximum absolute atomic E-state index is 6.19. The zero-order chi connectivity index (χ0) is 20.6. The number of benzene rings is 1. The topological polar surface area (TPSA) is 92.4 Å². The number of ether oxygens (including phenoxy) is 1. The number of nitrogens with one attached hydrogen (secondary N) is 2. The van der Waals surface area contributed by atoms with Crippen molar-refractivity contribution in [3.8, 4) is 28.5 Å². The first kappa shape index (κ1) is 18.1. The molecule has 1 saturated carbocycles. The van der Waals surface area contributed by atoms with E-state index in [0.29, 0.717) is 11.5 Å². The fourth-order valence-corrected chi connectivity index (χ4v) is 4.29. The fourth-order valence-electron chi connectivity index (χ4n) is 4.29. The van der Waals surface area contributed by atoms with E-state index >= 15 is 0 Å². The zero-order valence-corrected chi connectivity index (χ0v) is 17.0. The Hall–Kier alpha value is -3.74. The van der Waals surface area contributed by atoms with Gasteiger partial charge in [0.05, 0.1) is 34.5 Å². The Labute approximate surface area is 178 Å².